The molecule has 168 valence electrons. The van der Waals surface area contributed by atoms with Crippen LogP contribution >= 0.6 is 23.2 Å². The van der Waals surface area contributed by atoms with Crippen LogP contribution in [0.25, 0.3) is 16.8 Å². The largest absolute Gasteiger partial charge is 0.326 e. The second-order valence-electron chi connectivity index (χ2n) is 7.06. The smallest absolute Gasteiger partial charge is 0.240 e. The maximum atomic E-state index is 12.5. The zero-order chi connectivity index (χ0) is 23.6. The van der Waals surface area contributed by atoms with E-state index in [-0.39, 0.29) is 28.6 Å². The van der Waals surface area contributed by atoms with Crippen LogP contribution in [0.1, 0.15) is 5.56 Å². The summed E-state index contributed by atoms with van der Waals surface area (Å²) in [6.07, 6.45) is 4.74. The number of aromatic nitrogens is 3. The van der Waals surface area contributed by atoms with E-state index in [4.69, 9.17) is 28.3 Å². The number of halogens is 2. The van der Waals surface area contributed by atoms with E-state index in [9.17, 15) is 13.2 Å². The Hall–Kier alpha value is -3.24. The molecule has 0 saturated heterocycles. The molecule has 8 nitrogen and oxygen atoms in total. The van der Waals surface area contributed by atoms with Crippen molar-refractivity contribution in [2.75, 3.05) is 5.32 Å². The Morgan fingerprint density at radius 3 is 2.61 bits per heavy atom. The van der Waals surface area contributed by atoms with Gasteiger partial charge in [-0.05, 0) is 42.0 Å². The van der Waals surface area contributed by atoms with Crippen molar-refractivity contribution >= 4 is 44.8 Å². The highest BCUT2D eigenvalue weighted by molar-refractivity contribution is 7.89. The van der Waals surface area contributed by atoms with E-state index >= 15 is 0 Å². The molecule has 0 fully saturated rings. The molecule has 0 saturated carbocycles. The van der Waals surface area contributed by atoms with Crippen molar-refractivity contribution < 1.29 is 13.2 Å². The minimum absolute atomic E-state index is 0.0283. The van der Waals surface area contributed by atoms with Gasteiger partial charge in [0.05, 0.1) is 18.3 Å². The van der Waals surface area contributed by atoms with Gasteiger partial charge in [-0.3, -0.25) is 4.79 Å². The number of benzene rings is 2. The van der Waals surface area contributed by atoms with Crippen LogP contribution in [-0.2, 0) is 21.2 Å². The Morgan fingerprint density at radius 2 is 1.88 bits per heavy atom. The molecule has 0 atom stereocenters. The van der Waals surface area contributed by atoms with E-state index in [2.05, 4.69) is 15.4 Å². The van der Waals surface area contributed by atoms with Crippen LogP contribution in [0.15, 0.2) is 78.1 Å². The second-order valence-corrected chi connectivity index (χ2v) is 9.35. The average molecular weight is 502 g/mol. The van der Waals surface area contributed by atoms with Crippen LogP contribution in [0, 0.1) is 0 Å². The van der Waals surface area contributed by atoms with Gasteiger partial charge < -0.3 is 5.32 Å². The number of hydrogen-bond donors (Lipinski definition) is 2. The number of nitrogens with zero attached hydrogens (tertiary/aromatic N) is 3. The van der Waals surface area contributed by atoms with Gasteiger partial charge in [0.15, 0.2) is 0 Å². The molecule has 0 bridgehead atoms. The summed E-state index contributed by atoms with van der Waals surface area (Å²) in [5, 5.41) is 13.1. The maximum absolute atomic E-state index is 12.5. The van der Waals surface area contributed by atoms with Crippen molar-refractivity contribution in [3.05, 3.63) is 88.9 Å². The molecule has 33 heavy (non-hydrogen) atoms. The van der Waals surface area contributed by atoms with Gasteiger partial charge in [-0.15, -0.1) is 0 Å². The number of nitrogens with two attached hydrogens (primary N) is 1. The lowest BCUT2D eigenvalue weighted by Crippen LogP contribution is -2.18. The van der Waals surface area contributed by atoms with Crippen LogP contribution in [0.2, 0.25) is 10.2 Å². The molecule has 2 aromatic carbocycles. The summed E-state index contributed by atoms with van der Waals surface area (Å²) < 4.78 is 26.0. The molecule has 0 aliphatic heterocycles. The molecule has 11 heteroatoms. The third-order valence-electron chi connectivity index (χ3n) is 4.76. The van der Waals surface area contributed by atoms with Crippen molar-refractivity contribution in [3.63, 3.8) is 0 Å². The summed E-state index contributed by atoms with van der Waals surface area (Å²) >= 11 is 12.2. The fourth-order valence-corrected chi connectivity index (χ4v) is 4.40. The second kappa shape index (κ2) is 9.32. The number of nitrogens with one attached hydrogen (secondary N) is 1. The third-order valence-corrected chi connectivity index (χ3v) is 6.37. The fourth-order valence-electron chi connectivity index (χ4n) is 3.22. The van der Waals surface area contributed by atoms with Crippen LogP contribution in [0.4, 0.5) is 5.69 Å². The highest BCUT2D eigenvalue weighted by Gasteiger charge is 2.19. The quantitative estimate of drug-likeness (QED) is 0.385. The lowest BCUT2D eigenvalue weighted by Gasteiger charge is -2.12. The zero-order valence-corrected chi connectivity index (χ0v) is 19.3. The van der Waals surface area contributed by atoms with E-state index in [1.54, 1.807) is 54.9 Å². The maximum Gasteiger partial charge on any atom is 0.240 e. The van der Waals surface area contributed by atoms with E-state index in [1.807, 2.05) is 0 Å². The van der Waals surface area contributed by atoms with Gasteiger partial charge in [-0.25, -0.2) is 23.2 Å². The summed E-state index contributed by atoms with van der Waals surface area (Å²) in [5.74, 6) is -0.358. The first-order valence-electron chi connectivity index (χ1n) is 9.58. The summed E-state index contributed by atoms with van der Waals surface area (Å²) in [4.78, 5) is 16.3. The first-order chi connectivity index (χ1) is 15.7. The summed E-state index contributed by atoms with van der Waals surface area (Å²) in [7, 11) is -4.14. The van der Waals surface area contributed by atoms with Crippen molar-refractivity contribution in [3.8, 4) is 16.8 Å². The first-order valence-corrected chi connectivity index (χ1v) is 11.9. The Morgan fingerprint density at radius 1 is 1.09 bits per heavy atom. The van der Waals surface area contributed by atoms with Gasteiger partial charge in [0.25, 0.3) is 0 Å². The lowest BCUT2D eigenvalue weighted by molar-refractivity contribution is -0.115. The van der Waals surface area contributed by atoms with Crippen LogP contribution in [0.3, 0.4) is 0 Å². The van der Waals surface area contributed by atoms with E-state index in [0.29, 0.717) is 26.9 Å². The molecule has 0 aliphatic carbocycles. The number of carbonyl (C=O) groups is 1. The number of primary sulfonamides is 1. The zero-order valence-electron chi connectivity index (χ0n) is 16.9. The number of hydrogen-bond acceptors (Lipinski definition) is 5. The number of anilines is 1. The van der Waals surface area contributed by atoms with Crippen LogP contribution in [0.5, 0.6) is 0 Å². The van der Waals surface area contributed by atoms with E-state index in [1.165, 1.54) is 23.0 Å². The van der Waals surface area contributed by atoms with Crippen LogP contribution < -0.4 is 10.5 Å². The standard InChI is InChI=1S/C22H17Cl2N5O3S/c23-18-6-2-1-4-14(18)10-21(30)28-16-7-8-19(20(11-16)33(25,31)32)29-13-15(12-27-29)17-5-3-9-26-22(17)24/h1-9,11-13H,10H2,(H,28,30)(H2,25,31,32). The minimum Gasteiger partial charge on any atom is -0.326 e. The minimum atomic E-state index is -4.14. The number of sulfonamides is 1. The fraction of sp³-hybridized carbons (Fsp3) is 0.0455. The normalized spacial score (nSPS) is 11.4. The van der Waals surface area contributed by atoms with Gasteiger partial charge in [-0.2, -0.15) is 5.10 Å². The molecule has 0 aliphatic rings. The highest BCUT2D eigenvalue weighted by atomic mass is 35.5. The molecule has 4 rings (SSSR count). The molecule has 0 unspecified atom stereocenters. The molecule has 2 aromatic heterocycles. The average Bonchev–Trinajstić information content (AvgIpc) is 3.25. The Labute approximate surface area is 200 Å². The number of pyridine rings is 1. The summed E-state index contributed by atoms with van der Waals surface area (Å²) in [6, 6.07) is 14.8. The predicted molar refractivity (Wildman–Crippen MR) is 127 cm³/mol. The van der Waals surface area contributed by atoms with Crippen molar-refractivity contribution in [2.45, 2.75) is 11.3 Å². The number of rotatable bonds is 6. The van der Waals surface area contributed by atoms with E-state index in [0.717, 1.165) is 0 Å². The third kappa shape index (κ3) is 5.23. The summed E-state index contributed by atoms with van der Waals surface area (Å²) in [5.41, 5.74) is 2.42. The Balaban J connectivity index is 1.64. The highest BCUT2D eigenvalue weighted by Crippen LogP contribution is 2.28. The van der Waals surface area contributed by atoms with Gasteiger partial charge in [0.2, 0.25) is 15.9 Å². The molecule has 0 radical (unpaired) electrons. The number of amides is 1. The molecule has 1 amide bonds. The Bertz CT molecular complexity index is 1450. The topological polar surface area (TPSA) is 120 Å². The van der Waals surface area contributed by atoms with Gasteiger partial charge in [0.1, 0.15) is 10.0 Å². The predicted octanol–water partition coefficient (Wildman–Crippen LogP) is 4.07. The molecule has 4 aromatic rings. The van der Waals surface area contributed by atoms with Crippen molar-refractivity contribution in [2.24, 2.45) is 5.14 Å². The number of carbonyl (C=O) groups excluding carboxylic acids is 1. The van der Waals surface area contributed by atoms with Crippen LogP contribution in [-0.4, -0.2) is 29.1 Å². The van der Waals surface area contributed by atoms with Gasteiger partial charge in [-0.1, -0.05) is 41.4 Å². The summed E-state index contributed by atoms with van der Waals surface area (Å²) in [6.45, 7) is 0. The van der Waals surface area contributed by atoms with Gasteiger partial charge >= 0.3 is 0 Å². The molecule has 3 N–H and O–H groups in total. The monoisotopic (exact) mass is 501 g/mol. The van der Waals surface area contributed by atoms with Gasteiger partial charge in [0, 0.05) is 34.2 Å². The SMILES string of the molecule is NS(=O)(=O)c1cc(NC(=O)Cc2ccccc2Cl)ccc1-n1cc(-c2cccnc2Cl)cn1. The molecular weight excluding hydrogens is 485 g/mol. The van der Waals surface area contributed by atoms with Crippen molar-refractivity contribution in [1.29, 1.82) is 0 Å². The molecule has 2 heterocycles. The van der Waals surface area contributed by atoms with Crippen molar-refractivity contribution in [1.82, 2.24) is 14.8 Å². The lowest BCUT2D eigenvalue weighted by atomic mass is 10.1. The molecular formula is C22H17Cl2N5O3S. The first kappa shape index (κ1) is 22.9. The Kier molecular flexibility index (Phi) is 6.48. The van der Waals surface area contributed by atoms with E-state index < -0.39 is 10.0 Å². The molecule has 0 spiro atoms.